The van der Waals surface area contributed by atoms with Gasteiger partial charge >= 0.3 is 5.82 Å². The summed E-state index contributed by atoms with van der Waals surface area (Å²) < 4.78 is 5.47. The van der Waals surface area contributed by atoms with E-state index >= 15 is 0 Å². The molecule has 0 aromatic carbocycles. The first-order valence-corrected chi connectivity index (χ1v) is 7.30. The molecule has 22 heavy (non-hydrogen) atoms. The average molecular weight is 308 g/mol. The van der Waals surface area contributed by atoms with E-state index in [1.165, 1.54) is 12.3 Å². The highest BCUT2D eigenvalue weighted by Crippen LogP contribution is 2.24. The van der Waals surface area contributed by atoms with E-state index in [0.29, 0.717) is 13.1 Å². The summed E-state index contributed by atoms with van der Waals surface area (Å²) in [6.07, 6.45) is 0.539. The van der Waals surface area contributed by atoms with Gasteiger partial charge in [-0.05, 0) is 35.5 Å². The number of aromatic nitrogens is 1. The van der Waals surface area contributed by atoms with Crippen LogP contribution in [0.5, 0.6) is 5.75 Å². The van der Waals surface area contributed by atoms with Gasteiger partial charge in [-0.1, -0.05) is 6.92 Å². The van der Waals surface area contributed by atoms with Crippen molar-refractivity contribution in [3.8, 4) is 5.75 Å². The largest absolute Gasteiger partial charge is 0.473 e. The second-order valence-corrected chi connectivity index (χ2v) is 5.10. The van der Waals surface area contributed by atoms with Crippen molar-refractivity contribution in [2.75, 3.05) is 32.7 Å². The zero-order chi connectivity index (χ0) is 16.1. The summed E-state index contributed by atoms with van der Waals surface area (Å²) in [5, 5.41) is 10.9. The number of amides is 1. The lowest BCUT2D eigenvalue weighted by atomic mass is 10.2. The Kier molecular flexibility index (Phi) is 5.26. The third-order valence-corrected chi connectivity index (χ3v) is 3.71. The fourth-order valence-electron chi connectivity index (χ4n) is 2.39. The molecule has 0 N–H and O–H groups in total. The molecule has 1 aromatic heterocycles. The SMILES string of the molecule is CCN1CCN(C(=O)[C@H](C)Oc2cccnc2[N+](=O)[O-])CC1. The zero-order valence-corrected chi connectivity index (χ0v) is 12.8. The van der Waals surface area contributed by atoms with Crippen molar-refractivity contribution < 1.29 is 14.5 Å². The van der Waals surface area contributed by atoms with Crippen LogP contribution in [0.4, 0.5) is 5.82 Å². The second kappa shape index (κ2) is 7.17. The lowest BCUT2D eigenvalue weighted by Gasteiger charge is -2.35. The van der Waals surface area contributed by atoms with Gasteiger partial charge in [-0.25, -0.2) is 0 Å². The number of likely N-dealkylation sites (N-methyl/N-ethyl adjacent to an activating group) is 1. The van der Waals surface area contributed by atoms with Crippen LogP contribution in [0, 0.1) is 10.1 Å². The van der Waals surface area contributed by atoms with E-state index in [4.69, 9.17) is 4.74 Å². The normalized spacial score (nSPS) is 17.1. The van der Waals surface area contributed by atoms with Crippen molar-refractivity contribution in [3.05, 3.63) is 28.4 Å². The van der Waals surface area contributed by atoms with E-state index in [9.17, 15) is 14.9 Å². The van der Waals surface area contributed by atoms with Gasteiger partial charge in [-0.3, -0.25) is 4.79 Å². The predicted molar refractivity (Wildman–Crippen MR) is 79.7 cm³/mol. The number of carbonyl (C=O) groups is 1. The average Bonchev–Trinajstić information content (AvgIpc) is 2.54. The number of carbonyl (C=O) groups excluding carboxylic acids is 1. The first-order valence-electron chi connectivity index (χ1n) is 7.30. The smallest absolute Gasteiger partial charge is 0.406 e. The topological polar surface area (TPSA) is 88.8 Å². The molecule has 1 aliphatic rings. The van der Waals surface area contributed by atoms with Crippen LogP contribution in [0.2, 0.25) is 0 Å². The minimum absolute atomic E-state index is 0.0144. The number of nitrogens with zero attached hydrogens (tertiary/aromatic N) is 4. The Morgan fingerprint density at radius 1 is 1.45 bits per heavy atom. The van der Waals surface area contributed by atoms with Gasteiger partial charge in [0.15, 0.2) is 6.10 Å². The Hall–Kier alpha value is -2.22. The fourth-order valence-corrected chi connectivity index (χ4v) is 2.39. The maximum atomic E-state index is 12.4. The summed E-state index contributed by atoms with van der Waals surface area (Å²) in [5.74, 6) is -0.521. The minimum Gasteiger partial charge on any atom is -0.473 e. The number of ether oxygens (including phenoxy) is 1. The van der Waals surface area contributed by atoms with Crippen LogP contribution in [0.15, 0.2) is 18.3 Å². The molecule has 0 saturated carbocycles. The van der Waals surface area contributed by atoms with Gasteiger partial charge in [0.25, 0.3) is 5.91 Å². The summed E-state index contributed by atoms with van der Waals surface area (Å²) in [6, 6.07) is 2.99. The Morgan fingerprint density at radius 3 is 2.73 bits per heavy atom. The molecule has 0 unspecified atom stereocenters. The van der Waals surface area contributed by atoms with Crippen LogP contribution < -0.4 is 4.74 Å². The molecule has 1 saturated heterocycles. The van der Waals surface area contributed by atoms with Gasteiger partial charge < -0.3 is 24.7 Å². The maximum Gasteiger partial charge on any atom is 0.406 e. The van der Waals surface area contributed by atoms with Gasteiger partial charge in [0, 0.05) is 26.2 Å². The number of hydrogen-bond donors (Lipinski definition) is 0. The number of rotatable bonds is 5. The first-order chi connectivity index (χ1) is 10.5. The standard InChI is InChI=1S/C14H20N4O4/c1-3-16-7-9-17(10-8-16)14(19)11(2)22-12-5-4-6-15-13(12)18(20)21/h4-6,11H,3,7-10H2,1-2H3/t11-/m0/s1. The Bertz CT molecular complexity index is 543. The monoisotopic (exact) mass is 308 g/mol. The lowest BCUT2D eigenvalue weighted by Crippen LogP contribution is -2.51. The number of piperazine rings is 1. The Labute approximate surface area is 128 Å². The van der Waals surface area contributed by atoms with E-state index in [-0.39, 0.29) is 17.5 Å². The molecule has 1 aliphatic heterocycles. The fraction of sp³-hybridized carbons (Fsp3) is 0.571. The molecule has 8 nitrogen and oxygen atoms in total. The van der Waals surface area contributed by atoms with Crippen molar-refractivity contribution in [1.82, 2.24) is 14.8 Å². The highest BCUT2D eigenvalue weighted by molar-refractivity contribution is 5.81. The molecular formula is C14H20N4O4. The van der Waals surface area contributed by atoms with Gasteiger partial charge in [0.1, 0.15) is 6.20 Å². The van der Waals surface area contributed by atoms with Crippen LogP contribution in [0.25, 0.3) is 0 Å². The predicted octanol–water partition coefficient (Wildman–Crippen LogP) is 0.921. The van der Waals surface area contributed by atoms with Crippen molar-refractivity contribution in [3.63, 3.8) is 0 Å². The maximum absolute atomic E-state index is 12.4. The van der Waals surface area contributed by atoms with E-state index in [1.54, 1.807) is 17.9 Å². The summed E-state index contributed by atoms with van der Waals surface area (Å²) >= 11 is 0. The van der Waals surface area contributed by atoms with Crippen LogP contribution in [0.1, 0.15) is 13.8 Å². The molecule has 1 amide bonds. The molecule has 0 spiro atoms. The molecule has 1 atom stereocenters. The van der Waals surface area contributed by atoms with Crippen LogP contribution in [-0.2, 0) is 4.79 Å². The number of pyridine rings is 1. The molecule has 2 heterocycles. The van der Waals surface area contributed by atoms with Gasteiger partial charge in [0.2, 0.25) is 5.75 Å². The molecule has 0 aliphatic carbocycles. The highest BCUT2D eigenvalue weighted by Gasteiger charge is 2.27. The number of nitro groups is 1. The molecule has 1 aromatic rings. The summed E-state index contributed by atoms with van der Waals surface area (Å²) in [4.78, 5) is 30.3. The quantitative estimate of drug-likeness (QED) is 0.593. The van der Waals surface area contributed by atoms with Crippen LogP contribution in [-0.4, -0.2) is 64.4 Å². The highest BCUT2D eigenvalue weighted by atomic mass is 16.6. The molecule has 8 heteroatoms. The van der Waals surface area contributed by atoms with Crippen LogP contribution in [0.3, 0.4) is 0 Å². The van der Waals surface area contributed by atoms with Gasteiger partial charge in [-0.15, -0.1) is 0 Å². The van der Waals surface area contributed by atoms with Gasteiger partial charge in [-0.2, -0.15) is 0 Å². The zero-order valence-electron chi connectivity index (χ0n) is 12.8. The second-order valence-electron chi connectivity index (χ2n) is 5.10. The summed E-state index contributed by atoms with van der Waals surface area (Å²) in [6.45, 7) is 7.63. The Balaban J connectivity index is 1.99. The van der Waals surface area contributed by atoms with Crippen molar-refractivity contribution in [1.29, 1.82) is 0 Å². The molecule has 1 fully saturated rings. The van der Waals surface area contributed by atoms with Crippen LogP contribution >= 0.6 is 0 Å². The van der Waals surface area contributed by atoms with Crippen molar-refractivity contribution in [2.45, 2.75) is 20.0 Å². The molecule has 0 bridgehead atoms. The first kappa shape index (κ1) is 16.2. The number of hydrogen-bond acceptors (Lipinski definition) is 6. The van der Waals surface area contributed by atoms with E-state index in [0.717, 1.165) is 19.6 Å². The Morgan fingerprint density at radius 2 is 2.14 bits per heavy atom. The molecular weight excluding hydrogens is 288 g/mol. The van der Waals surface area contributed by atoms with E-state index in [2.05, 4.69) is 16.8 Å². The third kappa shape index (κ3) is 3.70. The molecule has 120 valence electrons. The summed E-state index contributed by atoms with van der Waals surface area (Å²) in [7, 11) is 0. The molecule has 0 radical (unpaired) electrons. The third-order valence-electron chi connectivity index (χ3n) is 3.71. The van der Waals surface area contributed by atoms with E-state index in [1.807, 2.05) is 0 Å². The van der Waals surface area contributed by atoms with Crippen molar-refractivity contribution >= 4 is 11.7 Å². The molecule has 2 rings (SSSR count). The lowest BCUT2D eigenvalue weighted by molar-refractivity contribution is -0.390. The summed E-state index contributed by atoms with van der Waals surface area (Å²) in [5.41, 5.74) is 0. The minimum atomic E-state index is -0.781. The van der Waals surface area contributed by atoms with Crippen molar-refractivity contribution in [2.24, 2.45) is 0 Å². The van der Waals surface area contributed by atoms with E-state index < -0.39 is 11.0 Å². The van der Waals surface area contributed by atoms with Gasteiger partial charge in [0.05, 0.1) is 0 Å².